The highest BCUT2D eigenvalue weighted by Crippen LogP contribution is 2.22. The van der Waals surface area contributed by atoms with Crippen LogP contribution in [0.1, 0.15) is 15.9 Å². The van der Waals surface area contributed by atoms with Crippen LogP contribution >= 0.6 is 0 Å². The second-order valence-electron chi connectivity index (χ2n) is 5.54. The van der Waals surface area contributed by atoms with E-state index in [1.54, 1.807) is 6.07 Å². The van der Waals surface area contributed by atoms with Gasteiger partial charge in [0.1, 0.15) is 11.5 Å². The molecule has 0 aliphatic rings. The van der Waals surface area contributed by atoms with Crippen LogP contribution in [0.3, 0.4) is 0 Å². The van der Waals surface area contributed by atoms with Crippen LogP contribution in [0.2, 0.25) is 0 Å². The van der Waals surface area contributed by atoms with Gasteiger partial charge in [-0.1, -0.05) is 30.3 Å². The monoisotopic (exact) mass is 371 g/mol. The van der Waals surface area contributed by atoms with E-state index in [1.165, 1.54) is 26.4 Å². The van der Waals surface area contributed by atoms with Gasteiger partial charge >= 0.3 is 0 Å². The van der Waals surface area contributed by atoms with Crippen LogP contribution in [0.5, 0.6) is 11.5 Å². The van der Waals surface area contributed by atoms with Crippen LogP contribution in [0.4, 0.5) is 0 Å². The van der Waals surface area contributed by atoms with Crippen molar-refractivity contribution >= 4 is 17.7 Å². The second kappa shape index (κ2) is 9.81. The summed E-state index contributed by atoms with van der Waals surface area (Å²) >= 11 is 0. The number of rotatable bonds is 7. The smallest absolute Gasteiger partial charge is 0.269 e. The average Bonchev–Trinajstić information content (AvgIpc) is 2.70. The quantitative estimate of drug-likeness (QED) is 0.625. The summed E-state index contributed by atoms with van der Waals surface area (Å²) < 4.78 is 10.2. The van der Waals surface area contributed by atoms with Crippen molar-refractivity contribution in [3.05, 3.63) is 59.7 Å². The van der Waals surface area contributed by atoms with Crippen molar-refractivity contribution in [1.29, 1.82) is 0 Å². The third kappa shape index (κ3) is 6.35. The van der Waals surface area contributed by atoms with Crippen LogP contribution in [0, 0.1) is 0 Å². The predicted molar refractivity (Wildman–Crippen MR) is 98.3 cm³/mol. The van der Waals surface area contributed by atoms with Gasteiger partial charge in [0, 0.05) is 11.6 Å². The van der Waals surface area contributed by atoms with Gasteiger partial charge < -0.3 is 14.8 Å². The van der Waals surface area contributed by atoms with Gasteiger partial charge in [-0.15, -0.1) is 0 Å². The maximum absolute atomic E-state index is 12.1. The van der Waals surface area contributed by atoms with Crippen molar-refractivity contribution in [2.75, 3.05) is 20.8 Å². The molecule has 0 aliphatic carbocycles. The lowest BCUT2D eigenvalue weighted by molar-refractivity contribution is -0.126. The Hall–Kier alpha value is -3.55. The first kappa shape index (κ1) is 19.8. The molecule has 27 heavy (non-hydrogen) atoms. The number of carbonyl (C=O) groups excluding carboxylic acids is 3. The van der Waals surface area contributed by atoms with E-state index in [-0.39, 0.29) is 24.4 Å². The van der Waals surface area contributed by atoms with Gasteiger partial charge in [0.15, 0.2) is 0 Å². The van der Waals surface area contributed by atoms with Crippen molar-refractivity contribution in [1.82, 2.24) is 16.2 Å². The minimum absolute atomic E-state index is 0.171. The van der Waals surface area contributed by atoms with Crippen molar-refractivity contribution in [2.45, 2.75) is 6.42 Å². The standard InChI is InChI=1S/C19H21N3O5/c1-26-15-9-14(10-16(11-15)27-2)19(25)22-21-18(24)12-20-17(23)8-13-6-4-3-5-7-13/h3-7,9-11H,8,12H2,1-2H3,(H,20,23)(H,21,24)(H,22,25). The van der Waals surface area contributed by atoms with E-state index in [1.807, 2.05) is 30.3 Å². The lowest BCUT2D eigenvalue weighted by Crippen LogP contribution is -2.46. The molecular weight excluding hydrogens is 350 g/mol. The Bertz CT molecular complexity index is 786. The van der Waals surface area contributed by atoms with E-state index in [4.69, 9.17) is 9.47 Å². The van der Waals surface area contributed by atoms with Crippen LogP contribution in [-0.2, 0) is 16.0 Å². The van der Waals surface area contributed by atoms with Crippen molar-refractivity contribution in [3.8, 4) is 11.5 Å². The van der Waals surface area contributed by atoms with Crippen molar-refractivity contribution < 1.29 is 23.9 Å². The number of hydrazine groups is 1. The van der Waals surface area contributed by atoms with Crippen molar-refractivity contribution in [2.24, 2.45) is 0 Å². The first-order valence-electron chi connectivity index (χ1n) is 8.14. The summed E-state index contributed by atoms with van der Waals surface area (Å²) in [5, 5.41) is 2.49. The van der Waals surface area contributed by atoms with E-state index < -0.39 is 11.8 Å². The fraction of sp³-hybridized carbons (Fsp3) is 0.211. The third-order valence-corrected chi connectivity index (χ3v) is 3.58. The molecule has 3 amide bonds. The Labute approximate surface area is 156 Å². The highest BCUT2D eigenvalue weighted by Gasteiger charge is 2.12. The van der Waals surface area contributed by atoms with Gasteiger partial charge in [-0.25, -0.2) is 0 Å². The zero-order valence-corrected chi connectivity index (χ0v) is 15.1. The normalized spacial score (nSPS) is 9.85. The number of benzene rings is 2. The molecule has 0 aromatic heterocycles. The predicted octanol–water partition coefficient (Wildman–Crippen LogP) is 0.824. The Kier molecular flexibility index (Phi) is 7.18. The zero-order valence-electron chi connectivity index (χ0n) is 15.1. The van der Waals surface area contributed by atoms with Crippen LogP contribution in [-0.4, -0.2) is 38.5 Å². The minimum atomic E-state index is -0.556. The maximum Gasteiger partial charge on any atom is 0.269 e. The summed E-state index contributed by atoms with van der Waals surface area (Å²) in [4.78, 5) is 35.7. The molecule has 0 saturated heterocycles. The molecule has 0 unspecified atom stereocenters. The number of amides is 3. The van der Waals surface area contributed by atoms with Crippen LogP contribution < -0.4 is 25.6 Å². The second-order valence-corrected chi connectivity index (χ2v) is 5.54. The Morgan fingerprint density at radius 3 is 2.07 bits per heavy atom. The molecule has 142 valence electrons. The number of ether oxygens (including phenoxy) is 2. The van der Waals surface area contributed by atoms with Gasteiger partial charge in [-0.05, 0) is 17.7 Å². The fourth-order valence-corrected chi connectivity index (χ4v) is 2.20. The molecular formula is C19H21N3O5. The topological polar surface area (TPSA) is 106 Å². The van der Waals surface area contributed by atoms with Crippen LogP contribution in [0.15, 0.2) is 48.5 Å². The molecule has 0 fully saturated rings. The molecule has 2 rings (SSSR count). The molecule has 2 aromatic carbocycles. The molecule has 8 heteroatoms. The van der Waals surface area contributed by atoms with Gasteiger partial charge in [-0.2, -0.15) is 0 Å². The number of nitrogens with one attached hydrogen (secondary N) is 3. The van der Waals surface area contributed by atoms with E-state index in [0.717, 1.165) is 5.56 Å². The van der Waals surface area contributed by atoms with Gasteiger partial charge in [0.05, 0.1) is 27.2 Å². The Morgan fingerprint density at radius 2 is 1.48 bits per heavy atom. The van der Waals surface area contributed by atoms with Gasteiger partial charge in [-0.3, -0.25) is 25.2 Å². The largest absolute Gasteiger partial charge is 0.497 e. The average molecular weight is 371 g/mol. The summed E-state index contributed by atoms with van der Waals surface area (Å²) in [6.45, 7) is -0.257. The van der Waals surface area contributed by atoms with E-state index in [9.17, 15) is 14.4 Å². The summed E-state index contributed by atoms with van der Waals surface area (Å²) in [6, 6.07) is 13.8. The minimum Gasteiger partial charge on any atom is -0.497 e. The Balaban J connectivity index is 1.79. The number of hydrogen-bond donors (Lipinski definition) is 3. The van der Waals surface area contributed by atoms with E-state index in [0.29, 0.717) is 11.5 Å². The van der Waals surface area contributed by atoms with E-state index in [2.05, 4.69) is 16.2 Å². The lowest BCUT2D eigenvalue weighted by Gasteiger charge is -2.10. The number of methoxy groups -OCH3 is 2. The molecule has 0 atom stereocenters. The molecule has 0 heterocycles. The molecule has 0 bridgehead atoms. The van der Waals surface area contributed by atoms with Gasteiger partial charge in [0.25, 0.3) is 11.8 Å². The summed E-state index contributed by atoms with van der Waals surface area (Å²) in [5.74, 6) is -0.506. The third-order valence-electron chi connectivity index (χ3n) is 3.58. The molecule has 8 nitrogen and oxygen atoms in total. The summed E-state index contributed by atoms with van der Waals surface area (Å²) in [7, 11) is 2.94. The Morgan fingerprint density at radius 1 is 0.852 bits per heavy atom. The van der Waals surface area contributed by atoms with Gasteiger partial charge in [0.2, 0.25) is 5.91 Å². The van der Waals surface area contributed by atoms with Crippen LogP contribution in [0.25, 0.3) is 0 Å². The highest BCUT2D eigenvalue weighted by atomic mass is 16.5. The molecule has 2 aromatic rings. The van der Waals surface area contributed by atoms with E-state index >= 15 is 0 Å². The van der Waals surface area contributed by atoms with Crippen molar-refractivity contribution in [3.63, 3.8) is 0 Å². The fourth-order valence-electron chi connectivity index (χ4n) is 2.20. The first-order chi connectivity index (χ1) is 13.0. The molecule has 0 saturated carbocycles. The SMILES string of the molecule is COc1cc(OC)cc(C(=O)NNC(=O)CNC(=O)Cc2ccccc2)c1. The first-order valence-corrected chi connectivity index (χ1v) is 8.14. The lowest BCUT2D eigenvalue weighted by atomic mass is 10.1. The highest BCUT2D eigenvalue weighted by molar-refractivity contribution is 5.96. The number of hydrogen-bond acceptors (Lipinski definition) is 5. The maximum atomic E-state index is 12.1. The molecule has 0 radical (unpaired) electrons. The molecule has 3 N–H and O–H groups in total. The summed E-state index contributed by atoms with van der Waals surface area (Å²) in [6.07, 6.45) is 0.171. The number of carbonyl (C=O) groups is 3. The molecule has 0 aliphatic heterocycles. The molecule has 0 spiro atoms. The summed E-state index contributed by atoms with van der Waals surface area (Å²) in [5.41, 5.74) is 5.61. The zero-order chi connectivity index (χ0) is 19.6.